The third kappa shape index (κ3) is 2.54. The molecule has 0 saturated carbocycles. The molecule has 4 heteroatoms. The SMILES string of the molecule is Cc1cccc(C(=N)N)c1N(C)Cc1ccsc1. The average Bonchev–Trinajstić information content (AvgIpc) is 2.81. The first-order chi connectivity index (χ1) is 8.59. The van der Waals surface area contributed by atoms with Crippen LogP contribution in [0.3, 0.4) is 0 Å². The van der Waals surface area contributed by atoms with Gasteiger partial charge in [0.1, 0.15) is 5.84 Å². The van der Waals surface area contributed by atoms with E-state index in [1.165, 1.54) is 5.56 Å². The molecule has 0 radical (unpaired) electrons. The summed E-state index contributed by atoms with van der Waals surface area (Å²) in [7, 11) is 2.03. The number of nitrogen functional groups attached to an aromatic ring is 1. The van der Waals surface area contributed by atoms with Crippen LogP contribution in [0, 0.1) is 12.3 Å². The number of anilines is 1. The van der Waals surface area contributed by atoms with E-state index in [2.05, 4.69) is 21.7 Å². The number of nitrogens with two attached hydrogens (primary N) is 1. The van der Waals surface area contributed by atoms with Crippen molar-refractivity contribution in [1.82, 2.24) is 0 Å². The Hall–Kier alpha value is -1.81. The van der Waals surface area contributed by atoms with Gasteiger partial charge in [0.05, 0.1) is 5.69 Å². The summed E-state index contributed by atoms with van der Waals surface area (Å²) in [6, 6.07) is 8.00. The molecule has 0 fully saturated rings. The van der Waals surface area contributed by atoms with Crippen LogP contribution in [0.2, 0.25) is 0 Å². The van der Waals surface area contributed by atoms with E-state index in [9.17, 15) is 0 Å². The summed E-state index contributed by atoms with van der Waals surface area (Å²) in [5.41, 5.74) is 9.91. The smallest absolute Gasteiger partial charge is 0.124 e. The van der Waals surface area contributed by atoms with Gasteiger partial charge in [0.25, 0.3) is 0 Å². The molecule has 0 aliphatic carbocycles. The number of amidine groups is 1. The zero-order valence-electron chi connectivity index (χ0n) is 10.6. The molecule has 1 aromatic carbocycles. The summed E-state index contributed by atoms with van der Waals surface area (Å²) in [6.45, 7) is 2.88. The Labute approximate surface area is 111 Å². The minimum Gasteiger partial charge on any atom is -0.384 e. The third-order valence-electron chi connectivity index (χ3n) is 2.91. The number of benzene rings is 1. The van der Waals surface area contributed by atoms with Crippen molar-refractivity contribution in [2.45, 2.75) is 13.5 Å². The van der Waals surface area contributed by atoms with Crippen molar-refractivity contribution in [3.63, 3.8) is 0 Å². The normalized spacial score (nSPS) is 10.3. The maximum absolute atomic E-state index is 7.67. The molecule has 1 heterocycles. The van der Waals surface area contributed by atoms with Gasteiger partial charge in [0.2, 0.25) is 0 Å². The highest BCUT2D eigenvalue weighted by Crippen LogP contribution is 2.25. The van der Waals surface area contributed by atoms with E-state index in [1.807, 2.05) is 32.2 Å². The fraction of sp³-hybridized carbons (Fsp3) is 0.214. The van der Waals surface area contributed by atoms with E-state index in [-0.39, 0.29) is 5.84 Å². The highest BCUT2D eigenvalue weighted by atomic mass is 32.1. The van der Waals surface area contributed by atoms with Gasteiger partial charge in [-0.2, -0.15) is 11.3 Å². The Bertz CT molecular complexity index is 546. The number of para-hydroxylation sites is 1. The van der Waals surface area contributed by atoms with E-state index in [4.69, 9.17) is 11.1 Å². The zero-order chi connectivity index (χ0) is 13.1. The monoisotopic (exact) mass is 259 g/mol. The van der Waals surface area contributed by atoms with Crippen LogP contribution in [0.4, 0.5) is 5.69 Å². The predicted molar refractivity (Wildman–Crippen MR) is 78.6 cm³/mol. The first kappa shape index (κ1) is 12.6. The number of thiophene rings is 1. The fourth-order valence-electron chi connectivity index (χ4n) is 2.12. The average molecular weight is 259 g/mol. The second-order valence-corrected chi connectivity index (χ2v) is 5.15. The molecule has 0 unspecified atom stereocenters. The molecule has 0 atom stereocenters. The number of aryl methyl sites for hydroxylation is 1. The van der Waals surface area contributed by atoms with Crippen molar-refractivity contribution in [3.05, 3.63) is 51.7 Å². The summed E-state index contributed by atoms with van der Waals surface area (Å²) < 4.78 is 0. The van der Waals surface area contributed by atoms with Crippen LogP contribution in [-0.4, -0.2) is 12.9 Å². The highest BCUT2D eigenvalue weighted by molar-refractivity contribution is 7.07. The van der Waals surface area contributed by atoms with Gasteiger partial charge in [-0.25, -0.2) is 0 Å². The lowest BCUT2D eigenvalue weighted by Crippen LogP contribution is -2.22. The molecule has 3 N–H and O–H groups in total. The molecule has 2 aromatic rings. The number of hydrogen-bond acceptors (Lipinski definition) is 3. The second kappa shape index (κ2) is 5.23. The lowest BCUT2D eigenvalue weighted by atomic mass is 10.1. The van der Waals surface area contributed by atoms with Crippen molar-refractivity contribution < 1.29 is 0 Å². The Morgan fingerprint density at radius 2 is 2.17 bits per heavy atom. The summed E-state index contributed by atoms with van der Waals surface area (Å²) in [5, 5.41) is 11.9. The van der Waals surface area contributed by atoms with Gasteiger partial charge >= 0.3 is 0 Å². The van der Waals surface area contributed by atoms with Crippen molar-refractivity contribution in [3.8, 4) is 0 Å². The minimum absolute atomic E-state index is 0.117. The maximum Gasteiger partial charge on any atom is 0.124 e. The highest BCUT2D eigenvalue weighted by Gasteiger charge is 2.12. The van der Waals surface area contributed by atoms with Crippen LogP contribution in [0.15, 0.2) is 35.0 Å². The molecule has 0 bridgehead atoms. The topological polar surface area (TPSA) is 53.1 Å². The Morgan fingerprint density at radius 3 is 2.78 bits per heavy atom. The van der Waals surface area contributed by atoms with Crippen molar-refractivity contribution in [2.75, 3.05) is 11.9 Å². The molecule has 3 nitrogen and oxygen atoms in total. The van der Waals surface area contributed by atoms with Crippen LogP contribution < -0.4 is 10.6 Å². The Kier molecular flexibility index (Phi) is 3.67. The first-order valence-electron chi connectivity index (χ1n) is 5.76. The number of hydrogen-bond donors (Lipinski definition) is 2. The van der Waals surface area contributed by atoms with Gasteiger partial charge in [-0.05, 0) is 40.9 Å². The van der Waals surface area contributed by atoms with E-state index < -0.39 is 0 Å². The molecule has 18 heavy (non-hydrogen) atoms. The molecule has 2 rings (SSSR count). The Balaban J connectivity index is 2.34. The summed E-state index contributed by atoms with van der Waals surface area (Å²) in [6.07, 6.45) is 0. The number of nitrogens with zero attached hydrogens (tertiary/aromatic N) is 1. The third-order valence-corrected chi connectivity index (χ3v) is 3.64. The van der Waals surface area contributed by atoms with Gasteiger partial charge in [-0.15, -0.1) is 0 Å². The largest absolute Gasteiger partial charge is 0.384 e. The van der Waals surface area contributed by atoms with Crippen molar-refractivity contribution >= 4 is 22.9 Å². The van der Waals surface area contributed by atoms with Crippen LogP contribution in [0.1, 0.15) is 16.7 Å². The van der Waals surface area contributed by atoms with Crippen LogP contribution in [0.25, 0.3) is 0 Å². The molecule has 0 spiro atoms. The van der Waals surface area contributed by atoms with Gasteiger partial charge < -0.3 is 10.6 Å². The Morgan fingerprint density at radius 1 is 1.39 bits per heavy atom. The van der Waals surface area contributed by atoms with E-state index >= 15 is 0 Å². The van der Waals surface area contributed by atoms with E-state index in [1.54, 1.807) is 11.3 Å². The molecule has 0 aliphatic heterocycles. The standard InChI is InChI=1S/C14H17N3S/c1-10-4-3-5-12(14(15)16)13(10)17(2)8-11-6-7-18-9-11/h3-7,9H,8H2,1-2H3,(H3,15,16). The molecule has 94 valence electrons. The minimum atomic E-state index is 0.117. The van der Waals surface area contributed by atoms with Crippen molar-refractivity contribution in [2.24, 2.45) is 5.73 Å². The van der Waals surface area contributed by atoms with Crippen LogP contribution in [0.5, 0.6) is 0 Å². The zero-order valence-corrected chi connectivity index (χ0v) is 11.4. The molecule has 0 aliphatic rings. The van der Waals surface area contributed by atoms with Gasteiger partial charge in [0, 0.05) is 19.2 Å². The maximum atomic E-state index is 7.67. The first-order valence-corrected chi connectivity index (χ1v) is 6.70. The predicted octanol–water partition coefficient (Wildman–Crippen LogP) is 2.98. The summed E-state index contributed by atoms with van der Waals surface area (Å²) in [5.74, 6) is 0.117. The lowest BCUT2D eigenvalue weighted by Gasteiger charge is -2.24. The quantitative estimate of drug-likeness (QED) is 0.655. The molecule has 0 amide bonds. The molecular weight excluding hydrogens is 242 g/mol. The fourth-order valence-corrected chi connectivity index (χ4v) is 2.78. The van der Waals surface area contributed by atoms with Crippen LogP contribution in [-0.2, 0) is 6.54 Å². The number of nitrogens with one attached hydrogen (secondary N) is 1. The van der Waals surface area contributed by atoms with E-state index in [0.717, 1.165) is 23.4 Å². The van der Waals surface area contributed by atoms with Gasteiger partial charge in [0.15, 0.2) is 0 Å². The van der Waals surface area contributed by atoms with Crippen molar-refractivity contribution in [1.29, 1.82) is 5.41 Å². The van der Waals surface area contributed by atoms with Gasteiger partial charge in [-0.1, -0.05) is 12.1 Å². The summed E-state index contributed by atoms with van der Waals surface area (Å²) >= 11 is 1.70. The van der Waals surface area contributed by atoms with E-state index in [0.29, 0.717) is 0 Å². The lowest BCUT2D eigenvalue weighted by molar-refractivity contribution is 0.919. The molecular formula is C14H17N3S. The van der Waals surface area contributed by atoms with Gasteiger partial charge in [-0.3, -0.25) is 5.41 Å². The summed E-state index contributed by atoms with van der Waals surface area (Å²) in [4.78, 5) is 2.15. The molecule has 0 saturated heterocycles. The number of rotatable bonds is 4. The molecule has 1 aromatic heterocycles. The van der Waals surface area contributed by atoms with Crippen LogP contribution >= 0.6 is 11.3 Å². The second-order valence-electron chi connectivity index (χ2n) is 4.37.